The van der Waals surface area contributed by atoms with E-state index in [1.807, 2.05) is 37.8 Å². The molecule has 2 amide bonds. The highest BCUT2D eigenvalue weighted by molar-refractivity contribution is 5.88. The summed E-state index contributed by atoms with van der Waals surface area (Å²) in [4.78, 5) is 16.4. The monoisotopic (exact) mass is 332 g/mol. The van der Waals surface area contributed by atoms with E-state index in [1.54, 1.807) is 11.0 Å². The zero-order valence-corrected chi connectivity index (χ0v) is 14.3. The van der Waals surface area contributed by atoms with Gasteiger partial charge in [0, 0.05) is 32.8 Å². The van der Waals surface area contributed by atoms with Crippen LogP contribution in [0, 0.1) is 0 Å². The van der Waals surface area contributed by atoms with Crippen molar-refractivity contribution in [2.24, 2.45) is 14.1 Å². The van der Waals surface area contributed by atoms with Crippen LogP contribution in [-0.2, 0) is 25.3 Å². The second-order valence-electron chi connectivity index (χ2n) is 6.11. The molecule has 3 heterocycles. The number of nitrogens with one attached hydrogen (secondary N) is 2. The van der Waals surface area contributed by atoms with Gasteiger partial charge in [0.05, 0.1) is 23.9 Å². The summed E-state index contributed by atoms with van der Waals surface area (Å²) in [5.74, 6) is 0.694. The number of imidazole rings is 1. The molecule has 0 aromatic carbocycles. The van der Waals surface area contributed by atoms with Crippen LogP contribution < -0.4 is 10.6 Å². The van der Waals surface area contributed by atoms with E-state index in [4.69, 9.17) is 4.74 Å². The standard InChI is InChI=1S/C16H24N6O2/c1-4-11-8-15(22(3)20-11)19-16(23)18-12-5-6-24-14(7-12)13-9-17-10-21(13)2/h8-10,12,14H,4-7H2,1-3H3,(H2,18,19,23)/t12-,14+/m0/s1. The largest absolute Gasteiger partial charge is 0.372 e. The Kier molecular flexibility index (Phi) is 4.84. The van der Waals surface area contributed by atoms with Crippen molar-refractivity contribution >= 4 is 11.8 Å². The summed E-state index contributed by atoms with van der Waals surface area (Å²) >= 11 is 0. The number of carbonyl (C=O) groups is 1. The molecule has 1 fully saturated rings. The van der Waals surface area contributed by atoms with Crippen LogP contribution >= 0.6 is 0 Å². The van der Waals surface area contributed by atoms with Crippen LogP contribution in [0.4, 0.5) is 10.6 Å². The topological polar surface area (TPSA) is 86.0 Å². The van der Waals surface area contributed by atoms with Crippen molar-refractivity contribution in [2.45, 2.75) is 38.3 Å². The Labute approximate surface area is 141 Å². The molecule has 24 heavy (non-hydrogen) atoms. The summed E-state index contributed by atoms with van der Waals surface area (Å²) in [5.41, 5.74) is 1.98. The summed E-state index contributed by atoms with van der Waals surface area (Å²) in [6.45, 7) is 2.65. The van der Waals surface area contributed by atoms with Gasteiger partial charge in [0.25, 0.3) is 0 Å². The maximum Gasteiger partial charge on any atom is 0.320 e. The molecule has 0 spiro atoms. The number of rotatable bonds is 4. The van der Waals surface area contributed by atoms with Gasteiger partial charge in [0.2, 0.25) is 0 Å². The number of anilines is 1. The van der Waals surface area contributed by atoms with Crippen LogP contribution in [0.3, 0.4) is 0 Å². The summed E-state index contributed by atoms with van der Waals surface area (Å²) < 4.78 is 9.46. The Balaban J connectivity index is 1.58. The summed E-state index contributed by atoms with van der Waals surface area (Å²) in [5, 5.41) is 10.2. The smallest absolute Gasteiger partial charge is 0.320 e. The summed E-state index contributed by atoms with van der Waals surface area (Å²) in [7, 11) is 3.77. The number of hydrogen-bond acceptors (Lipinski definition) is 4. The Morgan fingerprint density at radius 2 is 2.29 bits per heavy atom. The van der Waals surface area contributed by atoms with Crippen LogP contribution in [0.5, 0.6) is 0 Å². The minimum atomic E-state index is -0.212. The van der Waals surface area contributed by atoms with E-state index in [0.29, 0.717) is 12.4 Å². The maximum absolute atomic E-state index is 12.3. The molecule has 1 saturated heterocycles. The summed E-state index contributed by atoms with van der Waals surface area (Å²) in [6.07, 6.45) is 5.90. The van der Waals surface area contributed by atoms with Gasteiger partial charge in [-0.25, -0.2) is 9.78 Å². The van der Waals surface area contributed by atoms with Gasteiger partial charge in [-0.05, 0) is 19.3 Å². The molecule has 1 aliphatic heterocycles. The SMILES string of the molecule is CCc1cc(NC(=O)N[C@H]2CCO[C@@H](c3cncn3C)C2)n(C)n1. The van der Waals surface area contributed by atoms with Crippen molar-refractivity contribution in [3.8, 4) is 0 Å². The lowest BCUT2D eigenvalue weighted by atomic mass is 10.0. The first-order chi connectivity index (χ1) is 11.6. The Morgan fingerprint density at radius 3 is 2.96 bits per heavy atom. The molecule has 130 valence electrons. The lowest BCUT2D eigenvalue weighted by Gasteiger charge is -2.30. The molecule has 0 aliphatic carbocycles. The van der Waals surface area contributed by atoms with Gasteiger partial charge < -0.3 is 14.6 Å². The quantitative estimate of drug-likeness (QED) is 0.893. The third kappa shape index (κ3) is 3.59. The van der Waals surface area contributed by atoms with Gasteiger partial charge in [0.15, 0.2) is 0 Å². The molecule has 0 saturated carbocycles. The van der Waals surface area contributed by atoms with Gasteiger partial charge >= 0.3 is 6.03 Å². The Hall–Kier alpha value is -2.35. The van der Waals surface area contributed by atoms with Crippen LogP contribution in [-0.4, -0.2) is 38.0 Å². The first-order valence-corrected chi connectivity index (χ1v) is 8.25. The fourth-order valence-electron chi connectivity index (χ4n) is 2.97. The van der Waals surface area contributed by atoms with Crippen LogP contribution in [0.15, 0.2) is 18.6 Å². The normalized spacial score (nSPS) is 20.8. The predicted molar refractivity (Wildman–Crippen MR) is 89.7 cm³/mol. The van der Waals surface area contributed by atoms with Gasteiger partial charge in [0.1, 0.15) is 11.9 Å². The van der Waals surface area contributed by atoms with Gasteiger partial charge in [-0.2, -0.15) is 5.10 Å². The third-order valence-electron chi connectivity index (χ3n) is 4.34. The molecule has 1 aliphatic rings. The summed E-state index contributed by atoms with van der Waals surface area (Å²) in [6, 6.07) is 1.75. The molecule has 2 N–H and O–H groups in total. The highest BCUT2D eigenvalue weighted by atomic mass is 16.5. The molecule has 0 unspecified atom stereocenters. The van der Waals surface area contributed by atoms with E-state index < -0.39 is 0 Å². The molecule has 2 aromatic rings. The number of amides is 2. The van der Waals surface area contributed by atoms with Crippen molar-refractivity contribution < 1.29 is 9.53 Å². The van der Waals surface area contributed by atoms with Gasteiger partial charge in [-0.1, -0.05) is 6.92 Å². The predicted octanol–water partition coefficient (Wildman–Crippen LogP) is 1.76. The molecule has 3 rings (SSSR count). The van der Waals surface area contributed by atoms with E-state index in [1.165, 1.54) is 0 Å². The molecule has 0 bridgehead atoms. The molecule has 8 heteroatoms. The van der Waals surface area contributed by atoms with Crippen molar-refractivity contribution in [1.29, 1.82) is 0 Å². The zero-order chi connectivity index (χ0) is 17.1. The van der Waals surface area contributed by atoms with Crippen LogP contribution in [0.2, 0.25) is 0 Å². The van der Waals surface area contributed by atoms with Crippen molar-refractivity contribution in [1.82, 2.24) is 24.6 Å². The highest BCUT2D eigenvalue weighted by Crippen LogP contribution is 2.27. The second-order valence-corrected chi connectivity index (χ2v) is 6.11. The van der Waals surface area contributed by atoms with Crippen molar-refractivity contribution in [2.75, 3.05) is 11.9 Å². The Morgan fingerprint density at radius 1 is 1.46 bits per heavy atom. The van der Waals surface area contributed by atoms with E-state index in [0.717, 1.165) is 30.7 Å². The van der Waals surface area contributed by atoms with Crippen molar-refractivity contribution in [3.63, 3.8) is 0 Å². The number of urea groups is 1. The van der Waals surface area contributed by atoms with Crippen molar-refractivity contribution in [3.05, 3.63) is 30.0 Å². The van der Waals surface area contributed by atoms with Gasteiger partial charge in [-0.15, -0.1) is 0 Å². The fourth-order valence-corrected chi connectivity index (χ4v) is 2.97. The first-order valence-electron chi connectivity index (χ1n) is 8.25. The van der Waals surface area contributed by atoms with E-state index in [9.17, 15) is 4.79 Å². The average Bonchev–Trinajstić information content (AvgIpc) is 3.13. The van der Waals surface area contributed by atoms with Gasteiger partial charge in [-0.3, -0.25) is 10.00 Å². The number of aryl methyl sites for hydroxylation is 3. The molecular formula is C16H24N6O2. The molecule has 8 nitrogen and oxygen atoms in total. The zero-order valence-electron chi connectivity index (χ0n) is 14.3. The third-order valence-corrected chi connectivity index (χ3v) is 4.34. The first kappa shape index (κ1) is 16.5. The van der Waals surface area contributed by atoms with E-state index in [-0.39, 0.29) is 18.2 Å². The second kappa shape index (κ2) is 7.04. The maximum atomic E-state index is 12.3. The minimum absolute atomic E-state index is 0.0417. The number of carbonyl (C=O) groups excluding carboxylic acids is 1. The lowest BCUT2D eigenvalue weighted by molar-refractivity contribution is -0.00151. The number of hydrogen-bond donors (Lipinski definition) is 2. The number of aromatic nitrogens is 4. The molecule has 2 aromatic heterocycles. The number of nitrogens with zero attached hydrogens (tertiary/aromatic N) is 4. The number of ether oxygens (including phenoxy) is 1. The molecule has 0 radical (unpaired) electrons. The minimum Gasteiger partial charge on any atom is -0.372 e. The van der Waals surface area contributed by atoms with Crippen LogP contribution in [0.1, 0.15) is 37.3 Å². The molecular weight excluding hydrogens is 308 g/mol. The van der Waals surface area contributed by atoms with Crippen LogP contribution in [0.25, 0.3) is 0 Å². The highest BCUT2D eigenvalue weighted by Gasteiger charge is 2.27. The fraction of sp³-hybridized carbons (Fsp3) is 0.562. The molecule has 2 atom stereocenters. The average molecular weight is 332 g/mol. The van der Waals surface area contributed by atoms with E-state index >= 15 is 0 Å². The van der Waals surface area contributed by atoms with E-state index in [2.05, 4.69) is 20.7 Å². The lowest BCUT2D eigenvalue weighted by Crippen LogP contribution is -2.42. The Bertz CT molecular complexity index is 707.